The minimum absolute atomic E-state index is 0.00466. The quantitative estimate of drug-likeness (QED) is 0.0726. The molecule has 0 aromatic heterocycles. The van der Waals surface area contributed by atoms with E-state index in [4.69, 9.17) is 0 Å². The molecule has 2 aromatic carbocycles. The van der Waals surface area contributed by atoms with Crippen molar-refractivity contribution in [2.45, 2.75) is 65.7 Å². The SMILES string of the molecule is C=C[B]/C(=C\c1ccc(=C/CCc2ccc(C(C)(C)F)cc2C(F)(F)F)/c(=C\C)c1)C(=NC)NCCC(=C)C=O.CC. The highest BCUT2D eigenvalue weighted by molar-refractivity contribution is 6.60. The van der Waals surface area contributed by atoms with E-state index in [9.17, 15) is 22.4 Å². The van der Waals surface area contributed by atoms with Crippen molar-refractivity contribution in [1.29, 1.82) is 0 Å². The van der Waals surface area contributed by atoms with Crippen LogP contribution in [-0.4, -0.2) is 33.0 Å². The lowest BCUT2D eigenvalue weighted by atomic mass is 9.68. The Hall–Kier alpha value is -3.68. The lowest BCUT2D eigenvalue weighted by Crippen LogP contribution is -2.29. The number of carbonyl (C=O) groups is 1. The zero-order valence-electron chi connectivity index (χ0n) is 25.5. The highest BCUT2D eigenvalue weighted by Gasteiger charge is 2.34. The smallest absolute Gasteiger partial charge is 0.371 e. The molecule has 0 saturated heterocycles. The molecule has 1 N–H and O–H groups in total. The summed E-state index contributed by atoms with van der Waals surface area (Å²) in [6.07, 6.45) is 3.02. The number of carbonyl (C=O) groups excluding carboxylic acids is 1. The van der Waals surface area contributed by atoms with E-state index in [1.807, 2.05) is 64.5 Å². The molecule has 42 heavy (non-hydrogen) atoms. The minimum Gasteiger partial charge on any atom is -0.371 e. The average Bonchev–Trinajstić information content (AvgIpc) is 2.95. The second-order valence-corrected chi connectivity index (χ2v) is 9.79. The molecule has 0 saturated carbocycles. The van der Waals surface area contributed by atoms with E-state index in [1.54, 1.807) is 13.0 Å². The first kappa shape index (κ1) is 36.4. The fraction of sp³-hybridized carbons (Fsp3) is 0.353. The highest BCUT2D eigenvalue weighted by atomic mass is 19.4. The van der Waals surface area contributed by atoms with Crippen molar-refractivity contribution in [2.24, 2.45) is 4.99 Å². The van der Waals surface area contributed by atoms with Crippen molar-refractivity contribution < 1.29 is 22.4 Å². The van der Waals surface area contributed by atoms with Gasteiger partial charge in [-0.15, -0.1) is 12.6 Å². The number of aliphatic imine (C=N–C) groups is 1. The van der Waals surface area contributed by atoms with Crippen LogP contribution in [0, 0.1) is 0 Å². The Bertz CT molecular complexity index is 1400. The largest absolute Gasteiger partial charge is 0.416 e. The van der Waals surface area contributed by atoms with Gasteiger partial charge in [-0.3, -0.25) is 9.79 Å². The van der Waals surface area contributed by atoms with E-state index in [0.717, 1.165) is 33.8 Å². The molecule has 2 rings (SSSR count). The van der Waals surface area contributed by atoms with E-state index >= 15 is 0 Å². The predicted octanol–water partition coefficient (Wildman–Crippen LogP) is 7.10. The van der Waals surface area contributed by atoms with Gasteiger partial charge in [0, 0.05) is 13.6 Å². The maximum atomic E-state index is 14.3. The number of amidine groups is 1. The standard InChI is InChI=1S/C32H36BF4N2O.C2H6/c1-7-24-18-23(19-29(33-8-2)30(38-6)39-17-16-22(3)21-40)12-13-25(24)10-9-11-26-14-15-27(31(4,5)34)20-28(26)32(35,36)37;1-2/h7-8,10,12-15,18-21H,2-3,9,11,16-17H2,1,4-6H3,(H,38,39);1-2H3/b24-7-,25-10-,29-19-;. The average molecular weight is 582 g/mol. The molecule has 0 aliphatic carbocycles. The van der Waals surface area contributed by atoms with Gasteiger partial charge in [0.05, 0.1) is 5.56 Å². The van der Waals surface area contributed by atoms with Gasteiger partial charge < -0.3 is 5.32 Å². The van der Waals surface area contributed by atoms with Crippen molar-refractivity contribution in [3.63, 3.8) is 0 Å². The number of aldehydes is 1. The molecule has 0 spiro atoms. The maximum absolute atomic E-state index is 14.3. The van der Waals surface area contributed by atoms with Crippen LogP contribution in [0.15, 0.2) is 71.6 Å². The molecular formula is C34H42BF4N2O. The molecule has 0 aliphatic heterocycles. The molecule has 0 fully saturated rings. The van der Waals surface area contributed by atoms with Crippen LogP contribution in [0.1, 0.15) is 69.7 Å². The molecule has 1 radical (unpaired) electrons. The van der Waals surface area contributed by atoms with Crippen molar-refractivity contribution in [1.82, 2.24) is 5.32 Å². The molecule has 0 bridgehead atoms. The van der Waals surface area contributed by atoms with E-state index in [2.05, 4.69) is 23.5 Å². The topological polar surface area (TPSA) is 41.5 Å². The number of alkyl halides is 4. The van der Waals surface area contributed by atoms with Crippen LogP contribution < -0.4 is 15.8 Å². The van der Waals surface area contributed by atoms with Gasteiger partial charge in [0.25, 0.3) is 0 Å². The Balaban J connectivity index is 0.00000431. The van der Waals surface area contributed by atoms with Crippen molar-refractivity contribution in [2.75, 3.05) is 13.6 Å². The molecule has 2 aromatic rings. The Kier molecular flexibility index (Phi) is 15.0. The van der Waals surface area contributed by atoms with Crippen LogP contribution in [0.4, 0.5) is 17.6 Å². The van der Waals surface area contributed by atoms with Gasteiger partial charge in [-0.2, -0.15) is 13.2 Å². The fourth-order valence-corrected chi connectivity index (χ4v) is 4.14. The van der Waals surface area contributed by atoms with E-state index in [0.29, 0.717) is 30.8 Å². The molecule has 0 unspecified atom stereocenters. The summed E-state index contributed by atoms with van der Waals surface area (Å²) in [6, 6.07) is 9.56. The van der Waals surface area contributed by atoms with Crippen LogP contribution in [0.25, 0.3) is 18.2 Å². The zero-order valence-corrected chi connectivity index (χ0v) is 25.5. The molecule has 0 amide bonds. The number of nitrogens with zero attached hydrogens (tertiary/aromatic N) is 1. The van der Waals surface area contributed by atoms with Gasteiger partial charge >= 0.3 is 6.18 Å². The van der Waals surface area contributed by atoms with Crippen LogP contribution in [0.3, 0.4) is 0 Å². The molecule has 8 heteroatoms. The van der Waals surface area contributed by atoms with Gasteiger partial charge in [-0.1, -0.05) is 62.9 Å². The predicted molar refractivity (Wildman–Crippen MR) is 171 cm³/mol. The molecule has 0 aliphatic rings. The third-order valence-electron chi connectivity index (χ3n) is 6.32. The highest BCUT2D eigenvalue weighted by Crippen LogP contribution is 2.36. The van der Waals surface area contributed by atoms with Crippen LogP contribution >= 0.6 is 0 Å². The Morgan fingerprint density at radius 3 is 2.31 bits per heavy atom. The van der Waals surface area contributed by atoms with Crippen molar-refractivity contribution in [3.05, 3.63) is 99.3 Å². The molecule has 0 atom stereocenters. The third-order valence-corrected chi connectivity index (χ3v) is 6.32. The number of benzene rings is 2. The lowest BCUT2D eigenvalue weighted by Gasteiger charge is -2.19. The minimum atomic E-state index is -4.56. The maximum Gasteiger partial charge on any atom is 0.416 e. The first-order chi connectivity index (χ1) is 19.8. The Morgan fingerprint density at radius 2 is 1.76 bits per heavy atom. The second kappa shape index (κ2) is 17.3. The van der Waals surface area contributed by atoms with Gasteiger partial charge in [-0.25, -0.2) is 4.39 Å². The summed E-state index contributed by atoms with van der Waals surface area (Å²) in [5.41, 5.74) is -0.318. The summed E-state index contributed by atoms with van der Waals surface area (Å²) in [5, 5.41) is 5.05. The first-order valence-corrected chi connectivity index (χ1v) is 14.0. The van der Waals surface area contributed by atoms with Gasteiger partial charge in [0.15, 0.2) is 7.28 Å². The summed E-state index contributed by atoms with van der Waals surface area (Å²) in [4.78, 5) is 15.1. The van der Waals surface area contributed by atoms with Crippen LogP contribution in [0.2, 0.25) is 0 Å². The Morgan fingerprint density at radius 1 is 1.07 bits per heavy atom. The third kappa shape index (κ3) is 11.3. The summed E-state index contributed by atoms with van der Waals surface area (Å²) >= 11 is 0. The number of aryl methyl sites for hydroxylation is 1. The molecule has 225 valence electrons. The first-order valence-electron chi connectivity index (χ1n) is 14.0. The summed E-state index contributed by atoms with van der Waals surface area (Å²) < 4.78 is 55.4. The van der Waals surface area contributed by atoms with Gasteiger partial charge in [0.1, 0.15) is 17.8 Å². The molecule has 0 heterocycles. The van der Waals surface area contributed by atoms with Gasteiger partial charge in [-0.05, 0) is 90.3 Å². The molecule has 3 nitrogen and oxygen atoms in total. The summed E-state index contributed by atoms with van der Waals surface area (Å²) in [6.45, 7) is 16.4. The normalized spacial score (nSPS) is 13.3. The van der Waals surface area contributed by atoms with Crippen LogP contribution in [-0.2, 0) is 23.1 Å². The van der Waals surface area contributed by atoms with Crippen molar-refractivity contribution >= 4 is 37.6 Å². The number of halogens is 4. The van der Waals surface area contributed by atoms with E-state index < -0.39 is 17.4 Å². The zero-order chi connectivity index (χ0) is 31.9. The van der Waals surface area contributed by atoms with Gasteiger partial charge in [0.2, 0.25) is 0 Å². The summed E-state index contributed by atoms with van der Waals surface area (Å²) in [7, 11) is 3.49. The number of rotatable bonds is 12. The second-order valence-electron chi connectivity index (χ2n) is 9.79. The summed E-state index contributed by atoms with van der Waals surface area (Å²) in [5.74, 6) is 2.30. The number of hydrogen-bond acceptors (Lipinski definition) is 2. The number of nitrogens with one attached hydrogen (secondary N) is 1. The van der Waals surface area contributed by atoms with Crippen molar-refractivity contribution in [3.8, 4) is 0 Å². The monoisotopic (exact) mass is 581 g/mol. The fourth-order valence-electron chi connectivity index (χ4n) is 4.14. The Labute approximate surface area is 248 Å². The lowest BCUT2D eigenvalue weighted by molar-refractivity contribution is -0.138. The van der Waals surface area contributed by atoms with E-state index in [-0.39, 0.29) is 17.5 Å². The van der Waals surface area contributed by atoms with E-state index in [1.165, 1.54) is 26.0 Å². The number of hydrogen-bond donors (Lipinski definition) is 1. The molecular weight excluding hydrogens is 539 g/mol. The van der Waals surface area contributed by atoms with Crippen LogP contribution in [0.5, 0.6) is 0 Å².